The molecule has 0 radical (unpaired) electrons. The van der Waals surface area contributed by atoms with Crippen LogP contribution in [0.25, 0.3) is 0 Å². The Bertz CT molecular complexity index is 1000. The van der Waals surface area contributed by atoms with Crippen LogP contribution in [0.1, 0.15) is 16.7 Å². The second kappa shape index (κ2) is 7.39. The molecule has 0 saturated carbocycles. The fourth-order valence-electron chi connectivity index (χ4n) is 2.76. The van der Waals surface area contributed by atoms with Gasteiger partial charge in [0.05, 0.1) is 17.6 Å². The van der Waals surface area contributed by atoms with Gasteiger partial charge in [0.1, 0.15) is 5.82 Å². The van der Waals surface area contributed by atoms with Crippen LogP contribution in [-0.2, 0) is 23.1 Å². The Balaban J connectivity index is 1.74. The Morgan fingerprint density at radius 2 is 1.85 bits per heavy atom. The standard InChI is InChI=1S/C19H20FN3O2S/c1-15-10-18(20)8-9-19(15)26(24,25)22(2)12-17-11-21-23(14-17)13-16-6-4-3-5-7-16/h3-11,14H,12-13H2,1-2H3. The van der Waals surface area contributed by atoms with Gasteiger partial charge in [0.25, 0.3) is 0 Å². The van der Waals surface area contributed by atoms with Gasteiger partial charge >= 0.3 is 0 Å². The molecule has 5 nitrogen and oxygen atoms in total. The molecule has 0 amide bonds. The Morgan fingerprint density at radius 3 is 2.54 bits per heavy atom. The van der Waals surface area contributed by atoms with Crippen molar-refractivity contribution in [3.8, 4) is 0 Å². The van der Waals surface area contributed by atoms with Crippen LogP contribution < -0.4 is 0 Å². The zero-order chi connectivity index (χ0) is 18.7. The van der Waals surface area contributed by atoms with Crippen LogP contribution in [0.5, 0.6) is 0 Å². The zero-order valence-electron chi connectivity index (χ0n) is 14.6. The van der Waals surface area contributed by atoms with Gasteiger partial charge < -0.3 is 0 Å². The molecule has 0 atom stereocenters. The number of hydrogen-bond donors (Lipinski definition) is 0. The molecule has 0 spiro atoms. The van der Waals surface area contributed by atoms with Gasteiger partial charge in [-0.15, -0.1) is 0 Å². The van der Waals surface area contributed by atoms with E-state index in [0.29, 0.717) is 12.1 Å². The number of sulfonamides is 1. The quantitative estimate of drug-likeness (QED) is 0.667. The summed E-state index contributed by atoms with van der Waals surface area (Å²) in [6.45, 7) is 2.39. The van der Waals surface area contributed by atoms with E-state index in [0.717, 1.165) is 17.2 Å². The number of rotatable bonds is 6. The van der Waals surface area contributed by atoms with Crippen LogP contribution >= 0.6 is 0 Å². The first kappa shape index (κ1) is 18.3. The molecule has 0 unspecified atom stereocenters. The van der Waals surface area contributed by atoms with Crippen molar-refractivity contribution in [2.45, 2.75) is 24.9 Å². The largest absolute Gasteiger partial charge is 0.268 e. The molecule has 0 aliphatic carbocycles. The van der Waals surface area contributed by atoms with Gasteiger partial charge in [0.15, 0.2) is 0 Å². The van der Waals surface area contributed by atoms with E-state index in [-0.39, 0.29) is 11.4 Å². The summed E-state index contributed by atoms with van der Waals surface area (Å²) in [5, 5.41) is 4.29. The maximum absolute atomic E-state index is 13.2. The molecule has 0 aliphatic heterocycles. The predicted octanol–water partition coefficient (Wildman–Crippen LogP) is 3.20. The summed E-state index contributed by atoms with van der Waals surface area (Å²) < 4.78 is 41.8. The summed E-state index contributed by atoms with van der Waals surface area (Å²) in [6, 6.07) is 13.6. The van der Waals surface area contributed by atoms with E-state index in [9.17, 15) is 12.8 Å². The fourth-order valence-corrected chi connectivity index (χ4v) is 4.12. The summed E-state index contributed by atoms with van der Waals surface area (Å²) in [6.07, 6.45) is 3.49. The summed E-state index contributed by atoms with van der Waals surface area (Å²) in [7, 11) is -2.20. The van der Waals surface area contributed by atoms with Crippen molar-refractivity contribution in [2.24, 2.45) is 0 Å². The van der Waals surface area contributed by atoms with Crippen LogP contribution in [0.3, 0.4) is 0 Å². The van der Waals surface area contributed by atoms with Crippen LogP contribution in [0, 0.1) is 12.7 Å². The molecular formula is C19H20FN3O2S. The van der Waals surface area contributed by atoms with E-state index < -0.39 is 15.8 Å². The van der Waals surface area contributed by atoms with Gasteiger partial charge in [0, 0.05) is 25.4 Å². The molecule has 2 aromatic carbocycles. The van der Waals surface area contributed by atoms with Crippen LogP contribution in [0.15, 0.2) is 65.8 Å². The van der Waals surface area contributed by atoms with E-state index in [4.69, 9.17) is 0 Å². The molecule has 0 N–H and O–H groups in total. The highest BCUT2D eigenvalue weighted by Crippen LogP contribution is 2.21. The Morgan fingerprint density at radius 1 is 1.12 bits per heavy atom. The minimum Gasteiger partial charge on any atom is -0.268 e. The van der Waals surface area contributed by atoms with Crippen molar-refractivity contribution in [1.82, 2.24) is 14.1 Å². The van der Waals surface area contributed by atoms with E-state index in [2.05, 4.69) is 5.10 Å². The topological polar surface area (TPSA) is 55.2 Å². The third-order valence-electron chi connectivity index (χ3n) is 4.10. The molecule has 7 heteroatoms. The molecule has 0 aliphatic rings. The van der Waals surface area contributed by atoms with Crippen molar-refractivity contribution in [3.05, 3.63) is 83.4 Å². The van der Waals surface area contributed by atoms with Crippen molar-refractivity contribution >= 4 is 10.0 Å². The van der Waals surface area contributed by atoms with E-state index in [1.807, 2.05) is 36.5 Å². The maximum atomic E-state index is 13.2. The average molecular weight is 373 g/mol. The molecule has 0 fully saturated rings. The third kappa shape index (κ3) is 4.00. The summed E-state index contributed by atoms with van der Waals surface area (Å²) in [5.41, 5.74) is 2.29. The number of halogens is 1. The van der Waals surface area contributed by atoms with Gasteiger partial charge in [-0.2, -0.15) is 9.40 Å². The fraction of sp³-hybridized carbons (Fsp3) is 0.211. The van der Waals surface area contributed by atoms with Crippen molar-refractivity contribution < 1.29 is 12.8 Å². The van der Waals surface area contributed by atoms with Gasteiger partial charge in [-0.1, -0.05) is 30.3 Å². The minimum absolute atomic E-state index is 0.109. The van der Waals surface area contributed by atoms with E-state index in [1.54, 1.807) is 17.8 Å². The van der Waals surface area contributed by atoms with Gasteiger partial charge in [-0.25, -0.2) is 12.8 Å². The first-order valence-electron chi connectivity index (χ1n) is 8.14. The molecule has 1 aromatic heterocycles. The first-order valence-corrected chi connectivity index (χ1v) is 9.58. The lowest BCUT2D eigenvalue weighted by Gasteiger charge is -2.17. The van der Waals surface area contributed by atoms with E-state index >= 15 is 0 Å². The summed E-state index contributed by atoms with van der Waals surface area (Å²) in [4.78, 5) is 0.109. The Labute approximate surface area is 152 Å². The smallest absolute Gasteiger partial charge is 0.243 e. The molecule has 0 saturated heterocycles. The van der Waals surface area contributed by atoms with Crippen LogP contribution in [0.4, 0.5) is 4.39 Å². The lowest BCUT2D eigenvalue weighted by molar-refractivity contribution is 0.466. The third-order valence-corrected chi connectivity index (χ3v) is 6.07. The van der Waals surface area contributed by atoms with Crippen LogP contribution in [0.2, 0.25) is 0 Å². The molecule has 3 aromatic rings. The number of hydrogen-bond acceptors (Lipinski definition) is 3. The number of nitrogens with zero attached hydrogens (tertiary/aromatic N) is 3. The second-order valence-electron chi connectivity index (χ2n) is 6.20. The average Bonchev–Trinajstić information content (AvgIpc) is 3.02. The molecule has 3 rings (SSSR count). The highest BCUT2D eigenvalue weighted by Gasteiger charge is 2.23. The van der Waals surface area contributed by atoms with Crippen LogP contribution in [-0.4, -0.2) is 29.6 Å². The van der Waals surface area contributed by atoms with Gasteiger partial charge in [0.2, 0.25) is 10.0 Å². The number of aryl methyl sites for hydroxylation is 1. The molecule has 26 heavy (non-hydrogen) atoms. The highest BCUT2D eigenvalue weighted by molar-refractivity contribution is 7.89. The minimum atomic E-state index is -3.70. The maximum Gasteiger partial charge on any atom is 0.243 e. The summed E-state index contributed by atoms with van der Waals surface area (Å²) >= 11 is 0. The molecule has 1 heterocycles. The van der Waals surface area contributed by atoms with Crippen molar-refractivity contribution in [3.63, 3.8) is 0 Å². The Hall–Kier alpha value is -2.51. The zero-order valence-corrected chi connectivity index (χ0v) is 15.4. The van der Waals surface area contributed by atoms with Gasteiger partial charge in [-0.05, 0) is 36.2 Å². The normalized spacial score (nSPS) is 11.8. The SMILES string of the molecule is Cc1cc(F)ccc1S(=O)(=O)N(C)Cc1cnn(Cc2ccccc2)c1. The first-order chi connectivity index (χ1) is 12.4. The molecule has 0 bridgehead atoms. The lowest BCUT2D eigenvalue weighted by Crippen LogP contribution is -2.27. The predicted molar refractivity (Wildman–Crippen MR) is 97.6 cm³/mol. The van der Waals surface area contributed by atoms with E-state index in [1.165, 1.54) is 23.5 Å². The van der Waals surface area contributed by atoms with Gasteiger partial charge in [-0.3, -0.25) is 4.68 Å². The molecular weight excluding hydrogens is 353 g/mol. The molecule has 136 valence electrons. The van der Waals surface area contributed by atoms with Crippen molar-refractivity contribution in [2.75, 3.05) is 7.05 Å². The number of aromatic nitrogens is 2. The highest BCUT2D eigenvalue weighted by atomic mass is 32.2. The second-order valence-corrected chi connectivity index (χ2v) is 8.22. The monoisotopic (exact) mass is 373 g/mol. The summed E-state index contributed by atoms with van der Waals surface area (Å²) in [5.74, 6) is -0.453. The number of benzene rings is 2. The Kier molecular flexibility index (Phi) is 5.20. The lowest BCUT2D eigenvalue weighted by atomic mass is 10.2. The van der Waals surface area contributed by atoms with Crippen molar-refractivity contribution in [1.29, 1.82) is 0 Å².